The Labute approximate surface area is 116 Å². The van der Waals surface area contributed by atoms with Gasteiger partial charge in [-0.1, -0.05) is 22.0 Å². The van der Waals surface area contributed by atoms with Crippen LogP contribution < -0.4 is 0 Å². The van der Waals surface area contributed by atoms with Gasteiger partial charge in [0, 0.05) is 23.1 Å². The average Bonchev–Trinajstić information content (AvgIpc) is 2.55. The summed E-state index contributed by atoms with van der Waals surface area (Å²) in [5.74, 6) is 0.101. The highest BCUT2D eigenvalue weighted by Crippen LogP contribution is 2.25. The summed E-state index contributed by atoms with van der Waals surface area (Å²) < 4.78 is 6.61. The fraction of sp³-hybridized carbons (Fsp3) is 0.500. The number of benzene rings is 1. The van der Waals surface area contributed by atoms with E-state index in [4.69, 9.17) is 4.74 Å². The molecule has 0 spiro atoms. The molecule has 3 nitrogen and oxygen atoms in total. The van der Waals surface area contributed by atoms with Gasteiger partial charge in [-0.3, -0.25) is 4.79 Å². The Morgan fingerprint density at radius 3 is 2.78 bits per heavy atom. The molecule has 1 amide bonds. The van der Waals surface area contributed by atoms with Crippen molar-refractivity contribution >= 4 is 21.8 Å². The number of carbonyl (C=O) groups excluding carboxylic acids is 1. The predicted molar refractivity (Wildman–Crippen MR) is 74.6 cm³/mol. The third kappa shape index (κ3) is 3.12. The molecule has 0 N–H and O–H groups in total. The standard InChI is InChI=1S/C14H18BrNO2/c1-14(2,3)18-7-6-16-9-10-4-5-11(15)8-12(10)13(16)17/h4-5,8H,6-7,9H2,1-3H3. The number of halogens is 1. The molecule has 0 radical (unpaired) electrons. The topological polar surface area (TPSA) is 29.5 Å². The SMILES string of the molecule is CC(C)(C)OCCN1Cc2ccc(Br)cc2C1=O. The zero-order chi connectivity index (χ0) is 13.3. The molecule has 4 heteroatoms. The molecule has 0 fully saturated rings. The number of ether oxygens (including phenoxy) is 1. The van der Waals surface area contributed by atoms with E-state index in [1.54, 1.807) is 0 Å². The zero-order valence-electron chi connectivity index (χ0n) is 11.0. The number of amides is 1. The Bertz CT molecular complexity index is 465. The maximum Gasteiger partial charge on any atom is 0.254 e. The molecule has 1 aromatic rings. The van der Waals surface area contributed by atoms with Crippen molar-refractivity contribution in [3.63, 3.8) is 0 Å². The lowest BCUT2D eigenvalue weighted by Crippen LogP contribution is -2.31. The fourth-order valence-corrected chi connectivity index (χ4v) is 2.34. The van der Waals surface area contributed by atoms with Gasteiger partial charge in [0.1, 0.15) is 0 Å². The average molecular weight is 312 g/mol. The van der Waals surface area contributed by atoms with Crippen LogP contribution in [0.5, 0.6) is 0 Å². The van der Waals surface area contributed by atoms with Crippen LogP contribution in [-0.4, -0.2) is 29.6 Å². The number of fused-ring (bicyclic) bond motifs is 1. The van der Waals surface area contributed by atoms with Gasteiger partial charge in [0.25, 0.3) is 5.91 Å². The van der Waals surface area contributed by atoms with Crippen LogP contribution in [0.4, 0.5) is 0 Å². The lowest BCUT2D eigenvalue weighted by molar-refractivity contribution is -0.0116. The first-order valence-electron chi connectivity index (χ1n) is 6.08. The monoisotopic (exact) mass is 311 g/mol. The van der Waals surface area contributed by atoms with Crippen LogP contribution in [0.2, 0.25) is 0 Å². The quantitative estimate of drug-likeness (QED) is 0.858. The second kappa shape index (κ2) is 5.02. The number of rotatable bonds is 3. The lowest BCUT2D eigenvalue weighted by atomic mass is 10.1. The normalized spacial score (nSPS) is 15.1. The molecule has 2 rings (SSSR count). The summed E-state index contributed by atoms with van der Waals surface area (Å²) in [7, 11) is 0. The van der Waals surface area contributed by atoms with E-state index >= 15 is 0 Å². The van der Waals surface area contributed by atoms with Crippen LogP contribution in [0, 0.1) is 0 Å². The molecule has 0 aliphatic carbocycles. The summed E-state index contributed by atoms with van der Waals surface area (Å²) in [6.07, 6.45) is 0. The van der Waals surface area contributed by atoms with Crippen molar-refractivity contribution in [2.45, 2.75) is 32.9 Å². The van der Waals surface area contributed by atoms with Gasteiger partial charge in [-0.2, -0.15) is 0 Å². The summed E-state index contributed by atoms with van der Waals surface area (Å²) in [5, 5.41) is 0. The number of hydrogen-bond acceptors (Lipinski definition) is 2. The van der Waals surface area contributed by atoms with Crippen LogP contribution in [0.15, 0.2) is 22.7 Å². The van der Waals surface area contributed by atoms with Crippen LogP contribution in [0.3, 0.4) is 0 Å². The smallest absolute Gasteiger partial charge is 0.254 e. The Hall–Kier alpha value is -0.870. The molecular weight excluding hydrogens is 294 g/mol. The van der Waals surface area contributed by atoms with Crippen LogP contribution in [0.1, 0.15) is 36.7 Å². The Kier molecular flexibility index (Phi) is 3.78. The maximum absolute atomic E-state index is 12.2. The van der Waals surface area contributed by atoms with Gasteiger partial charge >= 0.3 is 0 Å². The van der Waals surface area contributed by atoms with Gasteiger partial charge in [-0.15, -0.1) is 0 Å². The van der Waals surface area contributed by atoms with Crippen molar-refractivity contribution in [3.8, 4) is 0 Å². The predicted octanol–water partition coefficient (Wildman–Crippen LogP) is 3.22. The molecule has 1 aliphatic heterocycles. The molecule has 0 atom stereocenters. The van der Waals surface area contributed by atoms with Crippen molar-refractivity contribution in [3.05, 3.63) is 33.8 Å². The number of carbonyl (C=O) groups is 1. The summed E-state index contributed by atoms with van der Waals surface area (Å²) in [5.41, 5.74) is 1.75. The van der Waals surface area contributed by atoms with E-state index < -0.39 is 0 Å². The highest BCUT2D eigenvalue weighted by molar-refractivity contribution is 9.10. The van der Waals surface area contributed by atoms with Crippen molar-refractivity contribution in [1.82, 2.24) is 4.90 Å². The third-order valence-corrected chi connectivity index (χ3v) is 3.34. The molecule has 0 bridgehead atoms. The van der Waals surface area contributed by atoms with Crippen molar-refractivity contribution < 1.29 is 9.53 Å². The third-order valence-electron chi connectivity index (χ3n) is 2.85. The lowest BCUT2D eigenvalue weighted by Gasteiger charge is -2.22. The summed E-state index contributed by atoms with van der Waals surface area (Å²) >= 11 is 3.40. The van der Waals surface area contributed by atoms with E-state index in [1.807, 2.05) is 43.9 Å². The molecule has 1 aromatic carbocycles. The Balaban J connectivity index is 1.97. The maximum atomic E-state index is 12.2. The largest absolute Gasteiger partial charge is 0.374 e. The highest BCUT2D eigenvalue weighted by atomic mass is 79.9. The van der Waals surface area contributed by atoms with Gasteiger partial charge in [0.2, 0.25) is 0 Å². The molecular formula is C14H18BrNO2. The summed E-state index contributed by atoms with van der Waals surface area (Å²) in [6.45, 7) is 7.96. The van der Waals surface area contributed by atoms with E-state index in [0.29, 0.717) is 19.7 Å². The van der Waals surface area contributed by atoms with Crippen LogP contribution in [0.25, 0.3) is 0 Å². The fourth-order valence-electron chi connectivity index (χ4n) is 1.98. The molecule has 0 aromatic heterocycles. The van der Waals surface area contributed by atoms with E-state index in [0.717, 1.165) is 15.6 Å². The number of nitrogens with zero attached hydrogens (tertiary/aromatic N) is 1. The molecule has 0 unspecified atom stereocenters. The van der Waals surface area contributed by atoms with Crippen molar-refractivity contribution in [1.29, 1.82) is 0 Å². The molecule has 0 saturated carbocycles. The van der Waals surface area contributed by atoms with Gasteiger partial charge in [0.15, 0.2) is 0 Å². The first kappa shape index (κ1) is 13.6. The van der Waals surface area contributed by atoms with Gasteiger partial charge < -0.3 is 9.64 Å². The first-order chi connectivity index (χ1) is 8.37. The van der Waals surface area contributed by atoms with Crippen molar-refractivity contribution in [2.24, 2.45) is 0 Å². The summed E-state index contributed by atoms with van der Waals surface area (Å²) in [6, 6.07) is 5.87. The minimum Gasteiger partial charge on any atom is -0.374 e. The first-order valence-corrected chi connectivity index (χ1v) is 6.88. The molecule has 18 heavy (non-hydrogen) atoms. The molecule has 0 saturated heterocycles. The Morgan fingerprint density at radius 2 is 2.11 bits per heavy atom. The summed E-state index contributed by atoms with van der Waals surface area (Å²) in [4.78, 5) is 14.0. The molecule has 1 aliphatic rings. The van der Waals surface area contributed by atoms with E-state index in [1.165, 1.54) is 0 Å². The van der Waals surface area contributed by atoms with E-state index in [-0.39, 0.29) is 11.5 Å². The Morgan fingerprint density at radius 1 is 1.39 bits per heavy atom. The highest BCUT2D eigenvalue weighted by Gasteiger charge is 2.27. The molecule has 1 heterocycles. The second-order valence-corrected chi connectivity index (χ2v) is 6.40. The van der Waals surface area contributed by atoms with Crippen molar-refractivity contribution in [2.75, 3.05) is 13.2 Å². The minimum atomic E-state index is -0.154. The number of hydrogen-bond donors (Lipinski definition) is 0. The van der Waals surface area contributed by atoms with Crippen LogP contribution in [-0.2, 0) is 11.3 Å². The van der Waals surface area contributed by atoms with Gasteiger partial charge in [-0.05, 0) is 38.5 Å². The van der Waals surface area contributed by atoms with Gasteiger partial charge in [0.05, 0.1) is 12.2 Å². The van der Waals surface area contributed by atoms with Gasteiger partial charge in [-0.25, -0.2) is 0 Å². The second-order valence-electron chi connectivity index (χ2n) is 5.49. The van der Waals surface area contributed by atoms with Crippen LogP contribution >= 0.6 is 15.9 Å². The minimum absolute atomic E-state index is 0.101. The zero-order valence-corrected chi connectivity index (χ0v) is 12.6. The molecule has 98 valence electrons. The van der Waals surface area contributed by atoms with E-state index in [9.17, 15) is 4.79 Å². The van der Waals surface area contributed by atoms with E-state index in [2.05, 4.69) is 15.9 Å².